The zero-order chi connectivity index (χ0) is 17.2. The summed E-state index contributed by atoms with van der Waals surface area (Å²) in [6, 6.07) is 10.6. The van der Waals surface area contributed by atoms with E-state index < -0.39 is 8.07 Å². The van der Waals surface area contributed by atoms with E-state index in [1.54, 1.807) is 4.57 Å². The quantitative estimate of drug-likeness (QED) is 0.571. The zero-order valence-corrected chi connectivity index (χ0v) is 16.0. The van der Waals surface area contributed by atoms with Gasteiger partial charge in [0.15, 0.2) is 5.82 Å². The summed E-state index contributed by atoms with van der Waals surface area (Å²) in [5, 5.41) is 0. The molecule has 0 radical (unpaired) electrons. The average Bonchev–Trinajstić information content (AvgIpc) is 2.84. The number of para-hydroxylation sites is 2. The van der Waals surface area contributed by atoms with Gasteiger partial charge >= 0.3 is 0 Å². The van der Waals surface area contributed by atoms with Crippen LogP contribution in [0.2, 0.25) is 16.6 Å². The Kier molecular flexibility index (Phi) is 5.02. The zero-order valence-electron chi connectivity index (χ0n) is 15.0. The van der Waals surface area contributed by atoms with Crippen LogP contribution in [0.1, 0.15) is 47.4 Å². The minimum Gasteiger partial charge on any atom is -0.244 e. The van der Waals surface area contributed by atoms with Crippen LogP contribution in [0, 0.1) is 23.9 Å². The molecule has 120 valence electrons. The Bertz CT molecular complexity index is 773. The van der Waals surface area contributed by atoms with Crippen LogP contribution in [0.4, 0.5) is 0 Å². The third kappa shape index (κ3) is 2.94. The van der Waals surface area contributed by atoms with Crippen LogP contribution in [-0.4, -0.2) is 17.6 Å². The molecule has 2 rings (SSSR count). The summed E-state index contributed by atoms with van der Waals surface area (Å²) in [6.45, 7) is 13.9. The van der Waals surface area contributed by atoms with E-state index >= 15 is 0 Å². The molecule has 0 amide bonds. The van der Waals surface area contributed by atoms with Crippen molar-refractivity contribution in [3.8, 4) is 23.9 Å². The van der Waals surface area contributed by atoms with Crippen LogP contribution < -0.4 is 0 Å². The van der Waals surface area contributed by atoms with Gasteiger partial charge in [0.05, 0.1) is 11.0 Å². The highest BCUT2D eigenvalue weighted by Crippen LogP contribution is 2.40. The first-order valence-corrected chi connectivity index (χ1v) is 10.5. The minimum atomic E-state index is -1.78. The topological polar surface area (TPSA) is 17.8 Å². The van der Waals surface area contributed by atoms with Gasteiger partial charge in [-0.3, -0.25) is 0 Å². The molecule has 0 unspecified atom stereocenters. The average molecular weight is 323 g/mol. The van der Waals surface area contributed by atoms with Gasteiger partial charge in [0.2, 0.25) is 0 Å². The highest BCUT2D eigenvalue weighted by Gasteiger charge is 2.41. The van der Waals surface area contributed by atoms with E-state index in [1.807, 2.05) is 24.3 Å². The second kappa shape index (κ2) is 6.65. The molecule has 0 aliphatic carbocycles. The second-order valence-corrected chi connectivity index (χ2v) is 12.6. The van der Waals surface area contributed by atoms with E-state index in [-0.39, 0.29) is 0 Å². The molecule has 0 aliphatic rings. The molecule has 3 heteroatoms. The predicted octanol–water partition coefficient (Wildman–Crippen LogP) is 5.04. The molecule has 0 spiro atoms. The lowest BCUT2D eigenvalue weighted by molar-refractivity contribution is 0.838. The van der Waals surface area contributed by atoms with Crippen LogP contribution in [0.5, 0.6) is 0 Å². The van der Waals surface area contributed by atoms with Crippen LogP contribution in [-0.2, 0) is 0 Å². The van der Waals surface area contributed by atoms with Crippen molar-refractivity contribution in [2.24, 2.45) is 0 Å². The van der Waals surface area contributed by atoms with Crippen molar-refractivity contribution in [2.75, 3.05) is 0 Å². The summed E-state index contributed by atoms with van der Waals surface area (Å²) in [7, 11) is -1.78. The van der Waals surface area contributed by atoms with Crippen LogP contribution >= 0.6 is 0 Å². The number of aromatic nitrogens is 2. The summed E-state index contributed by atoms with van der Waals surface area (Å²) < 4.78 is 1.77. The molecule has 0 aliphatic heterocycles. The maximum atomic E-state index is 5.70. The van der Waals surface area contributed by atoms with E-state index in [2.05, 4.69) is 64.0 Å². The summed E-state index contributed by atoms with van der Waals surface area (Å²) in [6.07, 6.45) is 5.70. The van der Waals surface area contributed by atoms with Gasteiger partial charge in [-0.2, -0.15) is 0 Å². The molecule has 2 nitrogen and oxygen atoms in total. The van der Waals surface area contributed by atoms with E-state index in [1.165, 1.54) is 0 Å². The fraction of sp³-hybridized carbons (Fsp3) is 0.450. The Hall–Kier alpha value is -1.97. The first kappa shape index (κ1) is 17.4. The molecule has 0 atom stereocenters. The minimum absolute atomic E-state index is 0.596. The second-order valence-electron chi connectivity index (χ2n) is 7.04. The SMILES string of the molecule is C#Cn1c(C#C[Si](C(C)C)(C(C)C)C(C)C)nc2ccccc21. The Morgan fingerprint density at radius 3 is 2.09 bits per heavy atom. The molecular weight excluding hydrogens is 296 g/mol. The number of rotatable bonds is 3. The Labute approximate surface area is 141 Å². The molecular formula is C20H26N2Si. The molecule has 23 heavy (non-hydrogen) atoms. The third-order valence-corrected chi connectivity index (χ3v) is 11.2. The highest BCUT2D eigenvalue weighted by molar-refractivity contribution is 6.90. The lowest BCUT2D eigenvalue weighted by atomic mass is 10.3. The Morgan fingerprint density at radius 1 is 1.00 bits per heavy atom. The van der Waals surface area contributed by atoms with Crippen molar-refractivity contribution < 1.29 is 0 Å². The van der Waals surface area contributed by atoms with Crippen molar-refractivity contribution in [1.82, 2.24) is 9.55 Å². The molecule has 0 saturated heterocycles. The van der Waals surface area contributed by atoms with Crippen molar-refractivity contribution >= 4 is 19.1 Å². The molecule has 0 bridgehead atoms. The predicted molar refractivity (Wildman–Crippen MR) is 102 cm³/mol. The molecule has 0 fully saturated rings. The molecule has 0 N–H and O–H groups in total. The van der Waals surface area contributed by atoms with Gasteiger partial charge in [-0.05, 0) is 34.7 Å². The monoisotopic (exact) mass is 322 g/mol. The standard InChI is InChI=1S/C20H26N2Si/c1-8-22-19-12-10-9-11-18(19)21-20(22)13-14-23(15(2)3,16(4)5)17(6)7/h1,9-12,15-17H,2-7H3. The van der Waals surface area contributed by atoms with Crippen LogP contribution in [0.3, 0.4) is 0 Å². The molecule has 2 aromatic rings. The summed E-state index contributed by atoms with van der Waals surface area (Å²) >= 11 is 0. The lowest BCUT2D eigenvalue weighted by Crippen LogP contribution is -2.43. The van der Waals surface area contributed by atoms with Gasteiger partial charge in [-0.1, -0.05) is 60.1 Å². The number of hydrogen-bond acceptors (Lipinski definition) is 1. The number of hydrogen-bond donors (Lipinski definition) is 0. The van der Waals surface area contributed by atoms with Gasteiger partial charge < -0.3 is 0 Å². The van der Waals surface area contributed by atoms with E-state index in [0.717, 1.165) is 11.0 Å². The first-order valence-electron chi connectivity index (χ1n) is 8.31. The number of nitrogens with zero attached hydrogens (tertiary/aromatic N) is 2. The van der Waals surface area contributed by atoms with Crippen LogP contribution in [0.25, 0.3) is 11.0 Å². The smallest absolute Gasteiger partial charge is 0.197 e. The van der Waals surface area contributed by atoms with Gasteiger partial charge in [0.25, 0.3) is 0 Å². The fourth-order valence-corrected chi connectivity index (χ4v) is 9.03. The van der Waals surface area contributed by atoms with Crippen molar-refractivity contribution in [2.45, 2.75) is 58.2 Å². The number of benzene rings is 1. The highest BCUT2D eigenvalue weighted by atomic mass is 28.3. The molecule has 1 aromatic carbocycles. The summed E-state index contributed by atoms with van der Waals surface area (Å²) in [5.41, 5.74) is 7.33. The molecule has 0 saturated carbocycles. The van der Waals surface area contributed by atoms with Gasteiger partial charge in [0, 0.05) is 6.04 Å². The first-order chi connectivity index (χ1) is 10.8. The number of fused-ring (bicyclic) bond motifs is 1. The van der Waals surface area contributed by atoms with E-state index in [9.17, 15) is 0 Å². The van der Waals surface area contributed by atoms with Crippen molar-refractivity contribution in [3.05, 3.63) is 30.1 Å². The van der Waals surface area contributed by atoms with E-state index in [0.29, 0.717) is 22.4 Å². The normalized spacial score (nSPS) is 11.8. The van der Waals surface area contributed by atoms with E-state index in [4.69, 9.17) is 6.42 Å². The van der Waals surface area contributed by atoms with Gasteiger partial charge in [-0.15, -0.1) is 5.54 Å². The number of imidazole rings is 1. The number of terminal acetylenes is 1. The Balaban J connectivity index is 2.62. The van der Waals surface area contributed by atoms with Gasteiger partial charge in [0.1, 0.15) is 8.07 Å². The third-order valence-electron chi connectivity index (χ3n) is 4.95. The summed E-state index contributed by atoms with van der Waals surface area (Å²) in [4.78, 5) is 4.63. The molecule has 1 heterocycles. The van der Waals surface area contributed by atoms with Crippen molar-refractivity contribution in [3.63, 3.8) is 0 Å². The molecule has 1 aromatic heterocycles. The largest absolute Gasteiger partial charge is 0.244 e. The Morgan fingerprint density at radius 2 is 1.57 bits per heavy atom. The van der Waals surface area contributed by atoms with Gasteiger partial charge in [-0.25, -0.2) is 9.55 Å². The maximum absolute atomic E-state index is 5.70. The maximum Gasteiger partial charge on any atom is 0.197 e. The van der Waals surface area contributed by atoms with Crippen LogP contribution in [0.15, 0.2) is 24.3 Å². The lowest BCUT2D eigenvalue weighted by Gasteiger charge is -2.37. The summed E-state index contributed by atoms with van der Waals surface area (Å²) in [5.74, 6) is 4.05. The fourth-order valence-electron chi connectivity index (χ4n) is 3.84. The van der Waals surface area contributed by atoms with Crippen molar-refractivity contribution in [1.29, 1.82) is 0 Å².